The number of aryl methyl sites for hydroxylation is 1. The predicted octanol–water partition coefficient (Wildman–Crippen LogP) is 2.97. The lowest BCUT2D eigenvalue weighted by Gasteiger charge is -2.18. The van der Waals surface area contributed by atoms with Crippen molar-refractivity contribution < 1.29 is 22.1 Å². The maximum absolute atomic E-state index is 12.5. The molecule has 1 fully saturated rings. The second-order valence-electron chi connectivity index (χ2n) is 6.26. The first-order valence-corrected chi connectivity index (χ1v) is 9.59. The molecule has 0 bridgehead atoms. The monoisotopic (exact) mass is 362 g/mol. The Morgan fingerprint density at radius 2 is 1.88 bits per heavy atom. The average Bonchev–Trinajstić information content (AvgIpc) is 3.01. The first-order chi connectivity index (χ1) is 12.0. The van der Waals surface area contributed by atoms with E-state index in [0.29, 0.717) is 13.0 Å². The van der Waals surface area contributed by atoms with E-state index < -0.39 is 16.2 Å². The zero-order valence-corrected chi connectivity index (χ0v) is 15.2. The summed E-state index contributed by atoms with van der Waals surface area (Å²) in [4.78, 5) is 0.171. The van der Waals surface area contributed by atoms with Gasteiger partial charge >= 0.3 is 0 Å². The number of rotatable bonds is 6. The van der Waals surface area contributed by atoms with Crippen molar-refractivity contribution in [3.8, 4) is 5.75 Å². The van der Waals surface area contributed by atoms with Gasteiger partial charge in [-0.1, -0.05) is 29.8 Å². The normalized spacial score (nSPS) is 20.6. The van der Waals surface area contributed by atoms with Gasteiger partial charge in [0.05, 0.1) is 25.2 Å². The first kappa shape index (κ1) is 17.9. The predicted molar refractivity (Wildman–Crippen MR) is 94.2 cm³/mol. The number of ether oxygens (including phenoxy) is 2. The van der Waals surface area contributed by atoms with Gasteiger partial charge in [-0.25, -0.2) is 0 Å². The lowest BCUT2D eigenvalue weighted by molar-refractivity contribution is 0.142. The Morgan fingerprint density at radius 1 is 1.12 bits per heavy atom. The molecule has 1 aliphatic rings. The Bertz CT molecular complexity index is 814. The first-order valence-electron chi connectivity index (χ1n) is 8.18. The summed E-state index contributed by atoms with van der Waals surface area (Å²) >= 11 is 0. The molecule has 3 rings (SSSR count). The minimum atomic E-state index is -3.80. The van der Waals surface area contributed by atoms with E-state index in [1.807, 2.05) is 31.2 Å². The molecule has 2 aromatic carbocycles. The summed E-state index contributed by atoms with van der Waals surface area (Å²) in [5.41, 5.74) is 2.07. The standard InChI is InChI=1S/C19H22O5S/c1-14-6-8-18(9-7-14)25(20,21)24-19-13-23-12-16(19)10-15-4-3-5-17(11-15)22-2/h3-9,11,16,19H,10,12-13H2,1-2H3/t16-,19+/m1/s1. The molecule has 0 radical (unpaired) electrons. The summed E-state index contributed by atoms with van der Waals surface area (Å²) in [6.07, 6.45) is 0.183. The molecule has 1 saturated heterocycles. The van der Waals surface area contributed by atoms with Gasteiger partial charge in [0.15, 0.2) is 0 Å². The highest BCUT2D eigenvalue weighted by molar-refractivity contribution is 7.86. The van der Waals surface area contributed by atoms with Crippen LogP contribution in [0.4, 0.5) is 0 Å². The third-order valence-corrected chi connectivity index (χ3v) is 5.68. The molecule has 1 aliphatic heterocycles. The maximum Gasteiger partial charge on any atom is 0.297 e. The van der Waals surface area contributed by atoms with Crippen LogP contribution in [0, 0.1) is 12.8 Å². The summed E-state index contributed by atoms with van der Waals surface area (Å²) in [7, 11) is -2.18. The fourth-order valence-electron chi connectivity index (χ4n) is 2.90. The zero-order chi connectivity index (χ0) is 17.9. The van der Waals surface area contributed by atoms with Gasteiger partial charge in [-0.2, -0.15) is 8.42 Å². The van der Waals surface area contributed by atoms with Crippen LogP contribution in [0.15, 0.2) is 53.4 Å². The van der Waals surface area contributed by atoms with Gasteiger partial charge in [0.1, 0.15) is 11.9 Å². The maximum atomic E-state index is 12.5. The van der Waals surface area contributed by atoms with Gasteiger partial charge in [-0.05, 0) is 43.2 Å². The third-order valence-electron chi connectivity index (χ3n) is 4.33. The number of benzene rings is 2. The Labute approximate surface area is 148 Å². The number of methoxy groups -OCH3 is 1. The van der Waals surface area contributed by atoms with Gasteiger partial charge < -0.3 is 9.47 Å². The summed E-state index contributed by atoms with van der Waals surface area (Å²) in [5.74, 6) is 0.758. The quantitative estimate of drug-likeness (QED) is 0.740. The lowest BCUT2D eigenvalue weighted by atomic mass is 9.97. The number of hydrogen-bond donors (Lipinski definition) is 0. The molecule has 0 saturated carbocycles. The zero-order valence-electron chi connectivity index (χ0n) is 14.3. The molecule has 1 heterocycles. The summed E-state index contributed by atoms with van der Waals surface area (Å²) in [6, 6.07) is 14.4. The van der Waals surface area contributed by atoms with Crippen molar-refractivity contribution >= 4 is 10.1 Å². The Balaban J connectivity index is 1.71. The molecule has 2 aromatic rings. The van der Waals surface area contributed by atoms with Gasteiger partial charge in [-0.3, -0.25) is 4.18 Å². The summed E-state index contributed by atoms with van der Waals surface area (Å²) in [5, 5.41) is 0. The molecule has 2 atom stereocenters. The van der Waals surface area contributed by atoms with Crippen molar-refractivity contribution in [3.63, 3.8) is 0 Å². The molecule has 0 unspecified atom stereocenters. The van der Waals surface area contributed by atoms with Crippen molar-refractivity contribution in [1.29, 1.82) is 0 Å². The van der Waals surface area contributed by atoms with E-state index in [1.165, 1.54) is 0 Å². The van der Waals surface area contributed by atoms with Crippen molar-refractivity contribution in [2.24, 2.45) is 5.92 Å². The van der Waals surface area contributed by atoms with Gasteiger partial charge in [0.25, 0.3) is 10.1 Å². The van der Waals surface area contributed by atoms with Crippen molar-refractivity contribution in [2.75, 3.05) is 20.3 Å². The molecule has 5 nitrogen and oxygen atoms in total. The van der Waals surface area contributed by atoms with E-state index in [2.05, 4.69) is 0 Å². The van der Waals surface area contributed by atoms with Crippen LogP contribution in [0.1, 0.15) is 11.1 Å². The molecule has 0 aliphatic carbocycles. The van der Waals surface area contributed by atoms with Crippen LogP contribution in [0.2, 0.25) is 0 Å². The van der Waals surface area contributed by atoms with E-state index in [4.69, 9.17) is 13.7 Å². The van der Waals surface area contributed by atoms with Crippen LogP contribution in [0.3, 0.4) is 0 Å². The Morgan fingerprint density at radius 3 is 2.60 bits per heavy atom. The van der Waals surface area contributed by atoms with Crippen LogP contribution < -0.4 is 4.74 Å². The topological polar surface area (TPSA) is 61.8 Å². The minimum Gasteiger partial charge on any atom is -0.497 e. The van der Waals surface area contributed by atoms with Crippen LogP contribution in [-0.4, -0.2) is 34.8 Å². The van der Waals surface area contributed by atoms with Crippen molar-refractivity contribution in [1.82, 2.24) is 0 Å². The Kier molecular flexibility index (Phi) is 5.42. The van der Waals surface area contributed by atoms with Gasteiger partial charge in [-0.15, -0.1) is 0 Å². The van der Waals surface area contributed by atoms with E-state index in [0.717, 1.165) is 16.9 Å². The molecule has 0 aromatic heterocycles. The van der Waals surface area contributed by atoms with Crippen LogP contribution in [0.25, 0.3) is 0 Å². The fraction of sp³-hybridized carbons (Fsp3) is 0.368. The van der Waals surface area contributed by atoms with Crippen LogP contribution >= 0.6 is 0 Å². The number of hydrogen-bond acceptors (Lipinski definition) is 5. The molecule has 25 heavy (non-hydrogen) atoms. The highest BCUT2D eigenvalue weighted by atomic mass is 32.2. The van der Waals surface area contributed by atoms with Gasteiger partial charge in [0, 0.05) is 5.92 Å². The van der Waals surface area contributed by atoms with E-state index >= 15 is 0 Å². The van der Waals surface area contributed by atoms with Crippen molar-refractivity contribution in [3.05, 3.63) is 59.7 Å². The smallest absolute Gasteiger partial charge is 0.297 e. The van der Waals surface area contributed by atoms with Gasteiger partial charge in [0.2, 0.25) is 0 Å². The highest BCUT2D eigenvalue weighted by Gasteiger charge is 2.34. The van der Waals surface area contributed by atoms with Crippen LogP contribution in [0.5, 0.6) is 5.75 Å². The lowest BCUT2D eigenvalue weighted by Crippen LogP contribution is -2.27. The van der Waals surface area contributed by atoms with Crippen molar-refractivity contribution in [2.45, 2.75) is 24.3 Å². The van der Waals surface area contributed by atoms with E-state index in [-0.39, 0.29) is 17.4 Å². The minimum absolute atomic E-state index is 0.0210. The molecular weight excluding hydrogens is 340 g/mol. The molecular formula is C19H22O5S. The highest BCUT2D eigenvalue weighted by Crippen LogP contribution is 2.26. The molecule has 6 heteroatoms. The molecule has 0 N–H and O–H groups in total. The van der Waals surface area contributed by atoms with E-state index in [9.17, 15) is 8.42 Å². The molecule has 0 spiro atoms. The van der Waals surface area contributed by atoms with Crippen LogP contribution in [-0.2, 0) is 25.5 Å². The average molecular weight is 362 g/mol. The third kappa shape index (κ3) is 4.39. The van der Waals surface area contributed by atoms with E-state index in [1.54, 1.807) is 31.4 Å². The Hall–Kier alpha value is -1.89. The largest absolute Gasteiger partial charge is 0.497 e. The summed E-state index contributed by atoms with van der Waals surface area (Å²) in [6.45, 7) is 2.66. The second-order valence-corrected chi connectivity index (χ2v) is 7.83. The second kappa shape index (κ2) is 7.56. The SMILES string of the molecule is COc1cccc(C[C@@H]2COC[C@@H]2OS(=O)(=O)c2ccc(C)cc2)c1. The fourth-order valence-corrected chi connectivity index (χ4v) is 4.02. The molecule has 0 amide bonds. The summed E-state index contributed by atoms with van der Waals surface area (Å²) < 4.78 is 41.2. The molecule has 134 valence electrons.